The lowest BCUT2D eigenvalue weighted by atomic mass is 9.72. The van der Waals surface area contributed by atoms with Crippen LogP contribution in [0.25, 0.3) is 0 Å². The Labute approximate surface area is 159 Å². The minimum atomic E-state index is -0.265. The van der Waals surface area contributed by atoms with E-state index in [0.29, 0.717) is 11.8 Å². The smallest absolute Gasteiger partial charge is 0.227 e. The van der Waals surface area contributed by atoms with Crippen molar-refractivity contribution in [1.82, 2.24) is 9.80 Å². The summed E-state index contributed by atoms with van der Waals surface area (Å²) in [6.07, 6.45) is 1.39. The Hall–Kier alpha value is -2.40. The summed E-state index contributed by atoms with van der Waals surface area (Å²) < 4.78 is 18.1. The van der Waals surface area contributed by atoms with Crippen molar-refractivity contribution in [3.63, 3.8) is 0 Å². The van der Waals surface area contributed by atoms with Crippen LogP contribution in [0.1, 0.15) is 11.1 Å². The van der Waals surface area contributed by atoms with Crippen LogP contribution in [0, 0.1) is 11.2 Å². The van der Waals surface area contributed by atoms with E-state index in [4.69, 9.17) is 4.74 Å². The first kappa shape index (κ1) is 18.0. The molecule has 2 saturated heterocycles. The van der Waals surface area contributed by atoms with E-state index >= 15 is 0 Å². The lowest BCUT2D eigenvalue weighted by molar-refractivity contribution is -0.158. The molecular formula is C22H25FN2O2. The van der Waals surface area contributed by atoms with Gasteiger partial charge < -0.3 is 14.5 Å². The van der Waals surface area contributed by atoms with E-state index < -0.39 is 0 Å². The molecule has 5 heteroatoms. The molecule has 0 aliphatic carbocycles. The number of hydrogen-bond acceptors (Lipinski definition) is 3. The topological polar surface area (TPSA) is 32.8 Å². The number of likely N-dealkylation sites (tertiary alicyclic amines) is 2. The van der Waals surface area contributed by atoms with Gasteiger partial charge in [0.05, 0.1) is 13.5 Å². The highest BCUT2D eigenvalue weighted by Gasteiger charge is 2.52. The van der Waals surface area contributed by atoms with Crippen molar-refractivity contribution in [2.45, 2.75) is 12.8 Å². The molecule has 0 atom stereocenters. The number of amides is 1. The maximum absolute atomic E-state index is 13.0. The normalized spacial score (nSPS) is 18.1. The van der Waals surface area contributed by atoms with Crippen molar-refractivity contribution >= 4 is 5.91 Å². The Morgan fingerprint density at radius 2 is 1.63 bits per heavy atom. The maximum atomic E-state index is 13.0. The van der Waals surface area contributed by atoms with Crippen LogP contribution in [0.2, 0.25) is 0 Å². The first-order valence-corrected chi connectivity index (χ1v) is 9.43. The molecule has 0 bridgehead atoms. The van der Waals surface area contributed by atoms with Crippen LogP contribution in [-0.4, -0.2) is 55.5 Å². The SMILES string of the molecule is COc1ccc(CCN2CC3(C2)CN(C(=O)Cc2ccc(F)cc2)C3)cc1. The minimum absolute atomic E-state index is 0.143. The second kappa shape index (κ2) is 7.31. The monoisotopic (exact) mass is 368 g/mol. The summed E-state index contributed by atoms with van der Waals surface area (Å²) in [6, 6.07) is 14.4. The quantitative estimate of drug-likeness (QED) is 0.786. The van der Waals surface area contributed by atoms with Crippen LogP contribution in [-0.2, 0) is 17.6 Å². The number of rotatable bonds is 6. The number of methoxy groups -OCH3 is 1. The van der Waals surface area contributed by atoms with Gasteiger partial charge in [-0.3, -0.25) is 4.79 Å². The number of nitrogens with zero attached hydrogens (tertiary/aromatic N) is 2. The Morgan fingerprint density at radius 3 is 2.26 bits per heavy atom. The van der Waals surface area contributed by atoms with E-state index in [1.165, 1.54) is 17.7 Å². The molecule has 0 radical (unpaired) electrons. The highest BCUT2D eigenvalue weighted by atomic mass is 19.1. The second-order valence-corrected chi connectivity index (χ2v) is 7.86. The van der Waals surface area contributed by atoms with E-state index in [0.717, 1.165) is 50.5 Å². The van der Waals surface area contributed by atoms with Crippen LogP contribution in [0.15, 0.2) is 48.5 Å². The average molecular weight is 368 g/mol. The fourth-order valence-corrected chi connectivity index (χ4v) is 4.17. The molecule has 0 saturated carbocycles. The van der Waals surface area contributed by atoms with Crippen molar-refractivity contribution in [2.75, 3.05) is 39.8 Å². The lowest BCUT2D eigenvalue weighted by Gasteiger charge is -2.60. The van der Waals surface area contributed by atoms with Crippen LogP contribution in [0.3, 0.4) is 0 Å². The number of halogens is 1. The number of ether oxygens (including phenoxy) is 1. The zero-order chi connectivity index (χ0) is 18.9. The molecule has 2 aliphatic heterocycles. The molecule has 1 amide bonds. The van der Waals surface area contributed by atoms with Gasteiger partial charge in [0.15, 0.2) is 0 Å². The molecular weight excluding hydrogens is 343 g/mol. The van der Waals surface area contributed by atoms with Crippen LogP contribution < -0.4 is 4.74 Å². The standard InChI is InChI=1S/C22H25FN2O2/c1-27-20-8-4-17(5-9-20)10-11-24-13-22(14-24)15-25(16-22)21(26)12-18-2-6-19(23)7-3-18/h2-9H,10-16H2,1H3. The fourth-order valence-electron chi connectivity index (χ4n) is 4.17. The largest absolute Gasteiger partial charge is 0.497 e. The summed E-state index contributed by atoms with van der Waals surface area (Å²) in [5, 5.41) is 0. The molecule has 2 aromatic carbocycles. The first-order chi connectivity index (χ1) is 13.0. The van der Waals surface area contributed by atoms with Crippen LogP contribution >= 0.6 is 0 Å². The Bertz CT molecular complexity index is 790. The van der Waals surface area contributed by atoms with E-state index in [-0.39, 0.29) is 11.7 Å². The molecule has 1 spiro atoms. The first-order valence-electron chi connectivity index (χ1n) is 9.43. The van der Waals surface area contributed by atoms with Crippen molar-refractivity contribution in [2.24, 2.45) is 5.41 Å². The molecule has 4 rings (SSSR count). The fraction of sp³-hybridized carbons (Fsp3) is 0.409. The molecule has 0 N–H and O–H groups in total. The van der Waals surface area contributed by atoms with E-state index in [9.17, 15) is 9.18 Å². The molecule has 2 fully saturated rings. The Balaban J connectivity index is 1.18. The van der Waals surface area contributed by atoms with Gasteiger partial charge in [-0.15, -0.1) is 0 Å². The van der Waals surface area contributed by atoms with Gasteiger partial charge in [0.2, 0.25) is 5.91 Å². The van der Waals surface area contributed by atoms with Gasteiger partial charge >= 0.3 is 0 Å². The van der Waals surface area contributed by atoms with Gasteiger partial charge in [0, 0.05) is 38.1 Å². The van der Waals surface area contributed by atoms with Crippen molar-refractivity contribution in [1.29, 1.82) is 0 Å². The van der Waals surface area contributed by atoms with Gasteiger partial charge in [0.1, 0.15) is 11.6 Å². The van der Waals surface area contributed by atoms with Gasteiger partial charge in [-0.2, -0.15) is 0 Å². The van der Waals surface area contributed by atoms with Gasteiger partial charge in [-0.05, 0) is 41.8 Å². The molecule has 2 heterocycles. The maximum Gasteiger partial charge on any atom is 0.227 e. The zero-order valence-corrected chi connectivity index (χ0v) is 15.7. The molecule has 0 unspecified atom stereocenters. The number of carbonyl (C=O) groups excluding carboxylic acids is 1. The predicted octanol–water partition coefficient (Wildman–Crippen LogP) is 2.76. The molecule has 4 nitrogen and oxygen atoms in total. The van der Waals surface area contributed by atoms with Crippen LogP contribution in [0.5, 0.6) is 5.75 Å². The summed E-state index contributed by atoms with van der Waals surface area (Å²) in [7, 11) is 1.68. The molecule has 27 heavy (non-hydrogen) atoms. The predicted molar refractivity (Wildman–Crippen MR) is 102 cm³/mol. The Kier molecular flexibility index (Phi) is 4.87. The molecule has 0 aromatic heterocycles. The summed E-state index contributed by atoms with van der Waals surface area (Å²) in [6.45, 7) is 4.91. The van der Waals surface area contributed by atoms with Crippen LogP contribution in [0.4, 0.5) is 4.39 Å². The third-order valence-corrected chi connectivity index (χ3v) is 5.67. The molecule has 142 valence electrons. The van der Waals surface area contributed by atoms with Gasteiger partial charge in [0.25, 0.3) is 0 Å². The third-order valence-electron chi connectivity index (χ3n) is 5.67. The number of hydrogen-bond donors (Lipinski definition) is 0. The van der Waals surface area contributed by atoms with E-state index in [1.54, 1.807) is 19.2 Å². The number of carbonyl (C=O) groups is 1. The summed E-state index contributed by atoms with van der Waals surface area (Å²) in [5.41, 5.74) is 2.50. The van der Waals surface area contributed by atoms with E-state index in [2.05, 4.69) is 17.0 Å². The highest BCUT2D eigenvalue weighted by molar-refractivity contribution is 5.79. The highest BCUT2D eigenvalue weighted by Crippen LogP contribution is 2.39. The zero-order valence-electron chi connectivity index (χ0n) is 15.7. The lowest BCUT2D eigenvalue weighted by Crippen LogP contribution is -2.73. The minimum Gasteiger partial charge on any atom is -0.497 e. The third kappa shape index (κ3) is 3.98. The van der Waals surface area contributed by atoms with Crippen molar-refractivity contribution in [3.8, 4) is 5.75 Å². The van der Waals surface area contributed by atoms with Crippen molar-refractivity contribution in [3.05, 3.63) is 65.5 Å². The second-order valence-electron chi connectivity index (χ2n) is 7.86. The summed E-state index contributed by atoms with van der Waals surface area (Å²) in [4.78, 5) is 16.8. The molecule has 2 aromatic rings. The summed E-state index contributed by atoms with van der Waals surface area (Å²) >= 11 is 0. The molecule has 2 aliphatic rings. The average Bonchev–Trinajstić information content (AvgIpc) is 2.61. The number of benzene rings is 2. The van der Waals surface area contributed by atoms with E-state index in [1.807, 2.05) is 17.0 Å². The van der Waals surface area contributed by atoms with Gasteiger partial charge in [-0.1, -0.05) is 24.3 Å². The Morgan fingerprint density at radius 1 is 1.00 bits per heavy atom. The summed E-state index contributed by atoms with van der Waals surface area (Å²) in [5.74, 6) is 0.767. The van der Waals surface area contributed by atoms with Gasteiger partial charge in [-0.25, -0.2) is 4.39 Å². The van der Waals surface area contributed by atoms with Crippen molar-refractivity contribution < 1.29 is 13.9 Å².